The first kappa shape index (κ1) is 12.9. The molecular weight excluding hydrogens is 244 g/mol. The van der Waals surface area contributed by atoms with E-state index in [0.717, 1.165) is 5.69 Å². The summed E-state index contributed by atoms with van der Waals surface area (Å²) in [6.45, 7) is 6.61. The van der Waals surface area contributed by atoms with Gasteiger partial charge in [-0.1, -0.05) is 42.0 Å². The molecule has 1 heterocycles. The molecule has 0 aliphatic carbocycles. The van der Waals surface area contributed by atoms with E-state index in [-0.39, 0.29) is 5.54 Å². The van der Waals surface area contributed by atoms with E-state index in [0.29, 0.717) is 0 Å². The van der Waals surface area contributed by atoms with Crippen LogP contribution in [0.3, 0.4) is 0 Å². The third-order valence-electron chi connectivity index (χ3n) is 4.42. The van der Waals surface area contributed by atoms with E-state index in [9.17, 15) is 0 Å². The number of aliphatic imine (C=N–C) groups is 1. The van der Waals surface area contributed by atoms with Crippen LogP contribution in [0.25, 0.3) is 0 Å². The summed E-state index contributed by atoms with van der Waals surface area (Å²) < 4.78 is 0. The van der Waals surface area contributed by atoms with Crippen molar-refractivity contribution < 1.29 is 0 Å². The lowest BCUT2D eigenvalue weighted by Crippen LogP contribution is -2.43. The molecule has 0 radical (unpaired) electrons. The highest BCUT2D eigenvalue weighted by Gasteiger charge is 2.37. The van der Waals surface area contributed by atoms with E-state index in [2.05, 4.69) is 74.1 Å². The van der Waals surface area contributed by atoms with Crippen LogP contribution in [0.15, 0.2) is 47.5 Å². The lowest BCUT2D eigenvalue weighted by Gasteiger charge is -2.42. The van der Waals surface area contributed by atoms with Crippen molar-refractivity contribution in [1.82, 2.24) is 4.90 Å². The normalized spacial score (nSPS) is 20.9. The molecule has 2 aromatic rings. The van der Waals surface area contributed by atoms with Crippen molar-refractivity contribution in [3.8, 4) is 0 Å². The predicted octanol–water partition coefficient (Wildman–Crippen LogP) is 4.17. The molecule has 0 saturated heterocycles. The molecule has 102 valence electrons. The zero-order chi connectivity index (χ0) is 14.3. The van der Waals surface area contributed by atoms with Crippen LogP contribution in [0.1, 0.15) is 29.2 Å². The maximum atomic E-state index is 4.55. The molecule has 1 unspecified atom stereocenters. The first-order valence-corrected chi connectivity index (χ1v) is 6.98. The molecule has 1 aliphatic rings. The first-order chi connectivity index (χ1) is 9.53. The summed E-state index contributed by atoms with van der Waals surface area (Å²) in [5, 5.41) is 0. The van der Waals surface area contributed by atoms with Crippen LogP contribution in [-0.4, -0.2) is 18.3 Å². The van der Waals surface area contributed by atoms with Crippen molar-refractivity contribution in [2.45, 2.75) is 26.3 Å². The van der Waals surface area contributed by atoms with E-state index in [1.807, 2.05) is 12.4 Å². The number of rotatable bonds is 1. The Labute approximate surface area is 120 Å². The molecule has 0 spiro atoms. The smallest absolute Gasteiger partial charge is 0.0919 e. The largest absolute Gasteiger partial charge is 0.352 e. The van der Waals surface area contributed by atoms with Gasteiger partial charge in [0.2, 0.25) is 0 Å². The maximum Gasteiger partial charge on any atom is 0.0919 e. The van der Waals surface area contributed by atoms with Gasteiger partial charge >= 0.3 is 0 Å². The SMILES string of the molecule is Cc1ccc(C)c(C2(C)c3ccccc3N=CN2C)c1. The molecule has 1 aliphatic heterocycles. The second kappa shape index (κ2) is 4.48. The number of benzene rings is 2. The molecule has 1 atom stereocenters. The lowest BCUT2D eigenvalue weighted by molar-refractivity contribution is 0.291. The fraction of sp³-hybridized carbons (Fsp3) is 0.278. The van der Waals surface area contributed by atoms with Crippen LogP contribution < -0.4 is 0 Å². The van der Waals surface area contributed by atoms with Gasteiger partial charge in [0, 0.05) is 12.6 Å². The topological polar surface area (TPSA) is 15.6 Å². The molecule has 0 aromatic heterocycles. The first-order valence-electron chi connectivity index (χ1n) is 6.98. The summed E-state index contributed by atoms with van der Waals surface area (Å²) in [6, 6.07) is 15.1. The number of para-hydroxylation sites is 1. The number of hydrogen-bond acceptors (Lipinski definition) is 2. The molecule has 2 heteroatoms. The standard InChI is InChI=1S/C18H20N2/c1-13-9-10-14(2)16(11-13)18(3)15-7-5-6-8-17(15)19-12-20(18)4/h5-12H,1-4H3. The summed E-state index contributed by atoms with van der Waals surface area (Å²) in [6.07, 6.45) is 1.93. The molecular formula is C18H20N2. The average Bonchev–Trinajstić information content (AvgIpc) is 2.46. The monoisotopic (exact) mass is 264 g/mol. The molecule has 0 N–H and O–H groups in total. The summed E-state index contributed by atoms with van der Waals surface area (Å²) in [5.74, 6) is 0. The highest BCUT2D eigenvalue weighted by atomic mass is 15.2. The van der Waals surface area contributed by atoms with Crippen molar-refractivity contribution in [1.29, 1.82) is 0 Å². The van der Waals surface area contributed by atoms with Gasteiger partial charge in [-0.2, -0.15) is 0 Å². The van der Waals surface area contributed by atoms with Crippen molar-refractivity contribution in [3.05, 3.63) is 64.7 Å². The Kier molecular flexibility index (Phi) is 2.89. The summed E-state index contributed by atoms with van der Waals surface area (Å²) in [4.78, 5) is 6.75. The van der Waals surface area contributed by atoms with Gasteiger partial charge in [-0.25, -0.2) is 4.99 Å². The molecule has 2 aromatic carbocycles. The third kappa shape index (κ3) is 1.75. The quantitative estimate of drug-likeness (QED) is 0.754. The van der Waals surface area contributed by atoms with Gasteiger partial charge in [0.1, 0.15) is 0 Å². The van der Waals surface area contributed by atoms with Gasteiger partial charge in [-0.05, 0) is 38.0 Å². The minimum atomic E-state index is -0.172. The van der Waals surface area contributed by atoms with Crippen LogP contribution in [0.5, 0.6) is 0 Å². The Morgan fingerprint density at radius 2 is 1.75 bits per heavy atom. The summed E-state index contributed by atoms with van der Waals surface area (Å²) in [7, 11) is 2.10. The Morgan fingerprint density at radius 3 is 2.55 bits per heavy atom. The fourth-order valence-electron chi connectivity index (χ4n) is 3.05. The van der Waals surface area contributed by atoms with Gasteiger partial charge in [0.15, 0.2) is 0 Å². The van der Waals surface area contributed by atoms with Crippen molar-refractivity contribution >= 4 is 12.0 Å². The zero-order valence-corrected chi connectivity index (χ0v) is 12.5. The Bertz CT molecular complexity index is 688. The highest BCUT2D eigenvalue weighted by molar-refractivity contribution is 5.72. The zero-order valence-electron chi connectivity index (χ0n) is 12.5. The van der Waals surface area contributed by atoms with Crippen LogP contribution >= 0.6 is 0 Å². The van der Waals surface area contributed by atoms with Crippen LogP contribution in [0.2, 0.25) is 0 Å². The van der Waals surface area contributed by atoms with Crippen molar-refractivity contribution in [2.75, 3.05) is 7.05 Å². The van der Waals surface area contributed by atoms with Crippen LogP contribution in [-0.2, 0) is 5.54 Å². The maximum absolute atomic E-state index is 4.55. The minimum Gasteiger partial charge on any atom is -0.352 e. The van der Waals surface area contributed by atoms with E-state index < -0.39 is 0 Å². The van der Waals surface area contributed by atoms with E-state index in [1.54, 1.807) is 0 Å². The van der Waals surface area contributed by atoms with E-state index in [4.69, 9.17) is 0 Å². The second-order valence-corrected chi connectivity index (χ2v) is 5.76. The van der Waals surface area contributed by atoms with E-state index >= 15 is 0 Å². The number of hydrogen-bond donors (Lipinski definition) is 0. The van der Waals surface area contributed by atoms with Crippen molar-refractivity contribution in [2.24, 2.45) is 4.99 Å². The van der Waals surface area contributed by atoms with Crippen LogP contribution in [0, 0.1) is 13.8 Å². The summed E-state index contributed by atoms with van der Waals surface area (Å²) in [5.41, 5.74) is 6.11. The number of nitrogens with zero attached hydrogens (tertiary/aromatic N) is 2. The van der Waals surface area contributed by atoms with Gasteiger partial charge < -0.3 is 4.90 Å². The molecule has 0 saturated carbocycles. The molecule has 0 amide bonds. The lowest BCUT2D eigenvalue weighted by atomic mass is 9.79. The Morgan fingerprint density at radius 1 is 1.00 bits per heavy atom. The molecule has 0 fully saturated rings. The van der Waals surface area contributed by atoms with Crippen molar-refractivity contribution in [3.63, 3.8) is 0 Å². The van der Waals surface area contributed by atoms with Gasteiger partial charge in [-0.15, -0.1) is 0 Å². The highest BCUT2D eigenvalue weighted by Crippen LogP contribution is 2.42. The minimum absolute atomic E-state index is 0.172. The summed E-state index contributed by atoms with van der Waals surface area (Å²) >= 11 is 0. The van der Waals surface area contributed by atoms with E-state index in [1.165, 1.54) is 22.3 Å². The molecule has 0 bridgehead atoms. The predicted molar refractivity (Wildman–Crippen MR) is 84.7 cm³/mol. The molecule has 3 rings (SSSR count). The molecule has 20 heavy (non-hydrogen) atoms. The van der Waals surface area contributed by atoms with Gasteiger partial charge in [-0.3, -0.25) is 0 Å². The average molecular weight is 264 g/mol. The van der Waals surface area contributed by atoms with Gasteiger partial charge in [0.05, 0.1) is 17.6 Å². The van der Waals surface area contributed by atoms with Crippen LogP contribution in [0.4, 0.5) is 5.69 Å². The van der Waals surface area contributed by atoms with Gasteiger partial charge in [0.25, 0.3) is 0 Å². The Hall–Kier alpha value is -2.09. The third-order valence-corrected chi connectivity index (χ3v) is 4.42. The Balaban J connectivity index is 2.29. The second-order valence-electron chi connectivity index (χ2n) is 5.76. The number of fused-ring (bicyclic) bond motifs is 1. The number of aryl methyl sites for hydroxylation is 2. The molecule has 2 nitrogen and oxygen atoms in total. The fourth-order valence-corrected chi connectivity index (χ4v) is 3.05.